The number of nitrogens with zero attached hydrogens (tertiary/aromatic N) is 1. The smallest absolute Gasteiger partial charge is 0.146 e. The van der Waals surface area contributed by atoms with E-state index in [2.05, 4.69) is 0 Å². The molecule has 146 valence electrons. The lowest BCUT2D eigenvalue weighted by Crippen LogP contribution is -2.63. The predicted octanol–water partition coefficient (Wildman–Crippen LogP) is 3.88. The molecule has 0 amide bonds. The lowest BCUT2D eigenvalue weighted by molar-refractivity contribution is -0.323. The largest absolute Gasteiger partial charge is 0.371 e. The van der Waals surface area contributed by atoms with Gasteiger partial charge in [-0.15, -0.1) is 0 Å². The van der Waals surface area contributed by atoms with Gasteiger partial charge in [0, 0.05) is 0 Å². The van der Waals surface area contributed by atoms with Gasteiger partial charge in [-0.3, -0.25) is 0 Å². The maximum absolute atomic E-state index is 11.6. The third kappa shape index (κ3) is 3.60. The number of rotatable bonds is 6. The summed E-state index contributed by atoms with van der Waals surface area (Å²) in [6.07, 6.45) is 0. The van der Waals surface area contributed by atoms with Crippen molar-refractivity contribution in [2.45, 2.75) is 37.9 Å². The molecular formula is C24H27NO3. The van der Waals surface area contributed by atoms with Crippen LogP contribution in [0.3, 0.4) is 0 Å². The highest BCUT2D eigenvalue weighted by atomic mass is 16.4. The zero-order valence-electron chi connectivity index (χ0n) is 16.4. The Bertz CT molecular complexity index is 768. The van der Waals surface area contributed by atoms with Gasteiger partial charge in [-0.05, 0) is 37.5 Å². The summed E-state index contributed by atoms with van der Waals surface area (Å²) in [5.41, 5.74) is -3.37. The first kappa shape index (κ1) is 20.2. The van der Waals surface area contributed by atoms with E-state index < -0.39 is 17.2 Å². The fourth-order valence-electron chi connectivity index (χ4n) is 3.92. The molecule has 0 aliphatic rings. The summed E-state index contributed by atoms with van der Waals surface area (Å²) in [6.45, 7) is 4.74. The van der Waals surface area contributed by atoms with Crippen molar-refractivity contribution in [2.24, 2.45) is 0 Å². The van der Waals surface area contributed by atoms with E-state index in [1.165, 1.54) is 4.90 Å². The molecule has 3 N–H and O–H groups in total. The minimum atomic E-state index is -1.68. The first-order valence-electron chi connectivity index (χ1n) is 9.32. The molecule has 0 aliphatic carbocycles. The van der Waals surface area contributed by atoms with Crippen LogP contribution in [0.25, 0.3) is 0 Å². The summed E-state index contributed by atoms with van der Waals surface area (Å²) in [4.78, 5) is 1.34. The van der Waals surface area contributed by atoms with Crippen molar-refractivity contribution in [3.8, 4) is 0 Å². The van der Waals surface area contributed by atoms with E-state index in [4.69, 9.17) is 0 Å². The van der Waals surface area contributed by atoms with Crippen LogP contribution >= 0.6 is 0 Å². The molecule has 0 spiro atoms. The van der Waals surface area contributed by atoms with Crippen molar-refractivity contribution in [2.75, 3.05) is 0 Å². The molecule has 0 saturated carbocycles. The van der Waals surface area contributed by atoms with Crippen LogP contribution in [0.5, 0.6) is 0 Å². The van der Waals surface area contributed by atoms with E-state index in [-0.39, 0.29) is 0 Å². The first-order valence-corrected chi connectivity index (χ1v) is 9.32. The summed E-state index contributed by atoms with van der Waals surface area (Å²) < 4.78 is 0. The summed E-state index contributed by atoms with van der Waals surface area (Å²) >= 11 is 0. The molecule has 28 heavy (non-hydrogen) atoms. The van der Waals surface area contributed by atoms with Gasteiger partial charge in [0.1, 0.15) is 17.2 Å². The minimum absolute atomic E-state index is 0.558. The van der Waals surface area contributed by atoms with Gasteiger partial charge in [0.15, 0.2) is 0 Å². The summed E-state index contributed by atoms with van der Waals surface area (Å²) in [5.74, 6) is 0. The molecule has 3 aromatic rings. The van der Waals surface area contributed by atoms with E-state index in [1.54, 1.807) is 57.2 Å². The van der Waals surface area contributed by atoms with Gasteiger partial charge >= 0.3 is 0 Å². The zero-order chi connectivity index (χ0) is 20.4. The molecule has 3 atom stereocenters. The molecule has 4 heteroatoms. The van der Waals surface area contributed by atoms with Crippen molar-refractivity contribution >= 4 is 0 Å². The lowest BCUT2D eigenvalue weighted by atomic mass is 9.89. The van der Waals surface area contributed by atoms with E-state index in [1.807, 2.05) is 54.6 Å². The molecule has 3 aromatic carbocycles. The Hall–Kier alpha value is -2.50. The van der Waals surface area contributed by atoms with Crippen LogP contribution in [0.1, 0.15) is 37.5 Å². The Morgan fingerprint density at radius 3 is 0.893 bits per heavy atom. The molecule has 0 fully saturated rings. The zero-order valence-corrected chi connectivity index (χ0v) is 16.4. The van der Waals surface area contributed by atoms with Gasteiger partial charge in [0.25, 0.3) is 0 Å². The number of hydrogen-bond acceptors (Lipinski definition) is 4. The van der Waals surface area contributed by atoms with Gasteiger partial charge in [-0.2, -0.15) is 0 Å². The molecule has 0 aliphatic heterocycles. The Labute approximate surface area is 166 Å². The Morgan fingerprint density at radius 2 is 0.679 bits per heavy atom. The van der Waals surface area contributed by atoms with E-state index in [0.29, 0.717) is 16.7 Å². The molecule has 0 heterocycles. The highest BCUT2D eigenvalue weighted by molar-refractivity contribution is 5.30. The minimum Gasteiger partial charge on any atom is -0.371 e. The van der Waals surface area contributed by atoms with Crippen molar-refractivity contribution in [1.82, 2.24) is 4.90 Å². The van der Waals surface area contributed by atoms with Crippen LogP contribution in [0.4, 0.5) is 0 Å². The highest BCUT2D eigenvalue weighted by Crippen LogP contribution is 2.45. The van der Waals surface area contributed by atoms with Gasteiger partial charge in [-0.25, -0.2) is 4.90 Å². The lowest BCUT2D eigenvalue weighted by Gasteiger charge is -2.53. The van der Waals surface area contributed by atoms with Crippen LogP contribution in [-0.2, 0) is 17.2 Å². The van der Waals surface area contributed by atoms with E-state index in [0.717, 1.165) is 0 Å². The fourth-order valence-corrected chi connectivity index (χ4v) is 3.92. The second-order valence-electron chi connectivity index (χ2n) is 7.50. The van der Waals surface area contributed by atoms with Crippen LogP contribution in [0.15, 0.2) is 91.0 Å². The average molecular weight is 377 g/mol. The standard InChI is InChI=1S/C24H27NO3/c1-22(26,19-13-7-4-8-14-19)25(23(2,27)20-15-9-5-10-16-20)24(3,28)21-17-11-6-12-18-21/h4-18,26-28H,1-3H3. The monoisotopic (exact) mass is 377 g/mol. The average Bonchev–Trinajstić information content (AvgIpc) is 2.69. The molecular weight excluding hydrogens is 350 g/mol. The third-order valence-corrected chi connectivity index (χ3v) is 5.27. The topological polar surface area (TPSA) is 63.9 Å². The number of aliphatic hydroxyl groups is 3. The Balaban J connectivity index is 2.23. The van der Waals surface area contributed by atoms with Crippen molar-refractivity contribution in [3.05, 3.63) is 108 Å². The second-order valence-corrected chi connectivity index (χ2v) is 7.50. The quantitative estimate of drug-likeness (QED) is 0.571. The second kappa shape index (κ2) is 7.49. The molecule has 0 radical (unpaired) electrons. The van der Waals surface area contributed by atoms with Crippen molar-refractivity contribution < 1.29 is 15.3 Å². The van der Waals surface area contributed by atoms with Crippen LogP contribution in [0, 0.1) is 0 Å². The van der Waals surface area contributed by atoms with Gasteiger partial charge in [0.2, 0.25) is 0 Å². The van der Waals surface area contributed by atoms with Crippen LogP contribution < -0.4 is 0 Å². The third-order valence-electron chi connectivity index (χ3n) is 5.27. The molecule has 0 saturated heterocycles. The molecule has 3 unspecified atom stereocenters. The summed E-state index contributed by atoms with van der Waals surface area (Å²) in [7, 11) is 0. The highest BCUT2D eigenvalue weighted by Gasteiger charge is 2.52. The maximum Gasteiger partial charge on any atom is 0.146 e. The first-order chi connectivity index (χ1) is 13.2. The predicted molar refractivity (Wildman–Crippen MR) is 110 cm³/mol. The van der Waals surface area contributed by atoms with Gasteiger partial charge < -0.3 is 15.3 Å². The Kier molecular flexibility index (Phi) is 5.41. The van der Waals surface area contributed by atoms with E-state index >= 15 is 0 Å². The number of hydrogen-bond donors (Lipinski definition) is 3. The maximum atomic E-state index is 11.6. The van der Waals surface area contributed by atoms with Crippen LogP contribution in [0.2, 0.25) is 0 Å². The molecule has 0 bridgehead atoms. The SMILES string of the molecule is CC(O)(c1ccccc1)N(C(C)(O)c1ccccc1)C(C)(O)c1ccccc1. The molecule has 3 rings (SSSR count). The van der Waals surface area contributed by atoms with Crippen molar-refractivity contribution in [1.29, 1.82) is 0 Å². The summed E-state index contributed by atoms with van der Waals surface area (Å²) in [6, 6.07) is 27.1. The summed E-state index contributed by atoms with van der Waals surface area (Å²) in [5, 5.41) is 34.9. The van der Waals surface area contributed by atoms with Gasteiger partial charge in [-0.1, -0.05) is 91.0 Å². The van der Waals surface area contributed by atoms with E-state index in [9.17, 15) is 15.3 Å². The van der Waals surface area contributed by atoms with Crippen molar-refractivity contribution in [3.63, 3.8) is 0 Å². The molecule has 4 nitrogen and oxygen atoms in total. The fraction of sp³-hybridized carbons (Fsp3) is 0.250. The Morgan fingerprint density at radius 1 is 0.464 bits per heavy atom. The van der Waals surface area contributed by atoms with Gasteiger partial charge in [0.05, 0.1) is 0 Å². The number of benzene rings is 3. The molecule has 0 aromatic heterocycles. The van der Waals surface area contributed by atoms with Crippen LogP contribution in [-0.4, -0.2) is 20.2 Å². The normalized spacial score (nSPS) is 18.1.